The molecule has 5 nitrogen and oxygen atoms in total. The zero-order valence-corrected chi connectivity index (χ0v) is 16.4. The Kier molecular flexibility index (Phi) is 8.17. The lowest BCUT2D eigenvalue weighted by Crippen LogP contribution is -2.38. The standard InChI is InChI=1S/C22H29N3O2/c1-4-25(5-2)15-14-23-21(18-10-7-6-8-11-18)22(27)24-20-13-9-12-19(16-20)17(3)26/h6-13,16,21,23H,4-5,14-15H2,1-3H3,(H,24,27)/t21-/m1/s1. The van der Waals surface area contributed by atoms with Crippen LogP contribution < -0.4 is 10.6 Å². The average Bonchev–Trinajstić information content (AvgIpc) is 2.69. The molecular weight excluding hydrogens is 338 g/mol. The van der Waals surface area contributed by atoms with Crippen LogP contribution in [0.5, 0.6) is 0 Å². The number of ketones is 1. The predicted octanol–water partition coefficient (Wildman–Crippen LogP) is 3.50. The Hall–Kier alpha value is -2.50. The highest BCUT2D eigenvalue weighted by Gasteiger charge is 2.20. The summed E-state index contributed by atoms with van der Waals surface area (Å²) in [6, 6.07) is 16.2. The van der Waals surface area contributed by atoms with E-state index in [4.69, 9.17) is 0 Å². The van der Waals surface area contributed by atoms with Crippen LogP contribution in [0.1, 0.15) is 42.7 Å². The van der Waals surface area contributed by atoms with Crippen LogP contribution in [0.4, 0.5) is 5.69 Å². The van der Waals surface area contributed by atoms with Gasteiger partial charge in [-0.15, -0.1) is 0 Å². The van der Waals surface area contributed by atoms with Crippen molar-refractivity contribution in [3.05, 3.63) is 65.7 Å². The first-order valence-electron chi connectivity index (χ1n) is 9.47. The maximum absolute atomic E-state index is 12.9. The molecule has 27 heavy (non-hydrogen) atoms. The summed E-state index contributed by atoms with van der Waals surface area (Å²) in [4.78, 5) is 26.8. The van der Waals surface area contributed by atoms with Crippen molar-refractivity contribution < 1.29 is 9.59 Å². The van der Waals surface area contributed by atoms with Crippen molar-refractivity contribution in [2.75, 3.05) is 31.5 Å². The number of likely N-dealkylation sites (N-methyl/N-ethyl adjacent to an activating group) is 1. The lowest BCUT2D eigenvalue weighted by molar-refractivity contribution is -0.118. The molecule has 0 radical (unpaired) electrons. The highest BCUT2D eigenvalue weighted by Crippen LogP contribution is 2.17. The summed E-state index contributed by atoms with van der Waals surface area (Å²) in [6.07, 6.45) is 0. The minimum atomic E-state index is -0.456. The third-order valence-corrected chi connectivity index (χ3v) is 4.60. The quantitative estimate of drug-likeness (QED) is 0.631. The first-order chi connectivity index (χ1) is 13.0. The Bertz CT molecular complexity index is 742. The Balaban J connectivity index is 2.11. The molecule has 1 atom stereocenters. The van der Waals surface area contributed by atoms with Gasteiger partial charge in [0.2, 0.25) is 5.91 Å². The Morgan fingerprint density at radius 3 is 2.33 bits per heavy atom. The summed E-state index contributed by atoms with van der Waals surface area (Å²) < 4.78 is 0. The second-order valence-electron chi connectivity index (χ2n) is 6.45. The van der Waals surface area contributed by atoms with Gasteiger partial charge in [0, 0.05) is 24.3 Å². The predicted molar refractivity (Wildman–Crippen MR) is 110 cm³/mol. The largest absolute Gasteiger partial charge is 0.324 e. The molecule has 2 aromatic carbocycles. The number of nitrogens with one attached hydrogen (secondary N) is 2. The number of carbonyl (C=O) groups excluding carboxylic acids is 2. The van der Waals surface area contributed by atoms with E-state index < -0.39 is 6.04 Å². The number of carbonyl (C=O) groups is 2. The highest BCUT2D eigenvalue weighted by atomic mass is 16.2. The highest BCUT2D eigenvalue weighted by molar-refractivity contribution is 5.98. The molecule has 0 fully saturated rings. The van der Waals surface area contributed by atoms with E-state index in [0.717, 1.165) is 25.2 Å². The first kappa shape index (κ1) is 20.8. The van der Waals surface area contributed by atoms with Crippen molar-refractivity contribution in [1.29, 1.82) is 0 Å². The molecule has 0 saturated heterocycles. The van der Waals surface area contributed by atoms with E-state index in [-0.39, 0.29) is 11.7 Å². The molecule has 0 heterocycles. The van der Waals surface area contributed by atoms with E-state index in [2.05, 4.69) is 29.4 Å². The van der Waals surface area contributed by atoms with E-state index in [9.17, 15) is 9.59 Å². The summed E-state index contributed by atoms with van der Waals surface area (Å²) in [5.74, 6) is -0.162. The van der Waals surface area contributed by atoms with Gasteiger partial charge in [-0.2, -0.15) is 0 Å². The minimum absolute atomic E-state index is 0.0249. The fourth-order valence-corrected chi connectivity index (χ4v) is 2.94. The number of amides is 1. The Labute approximate surface area is 161 Å². The SMILES string of the molecule is CCN(CC)CCN[C@@H](C(=O)Nc1cccc(C(C)=O)c1)c1ccccc1. The van der Waals surface area contributed by atoms with Gasteiger partial charge in [-0.1, -0.05) is 56.3 Å². The van der Waals surface area contributed by atoms with Crippen LogP contribution in [0.15, 0.2) is 54.6 Å². The monoisotopic (exact) mass is 367 g/mol. The van der Waals surface area contributed by atoms with Crippen LogP contribution in [0.2, 0.25) is 0 Å². The maximum atomic E-state index is 12.9. The number of Topliss-reactive ketones (excluding diaryl/α,β-unsaturated/α-hetero) is 1. The molecule has 0 saturated carbocycles. The fourth-order valence-electron chi connectivity index (χ4n) is 2.94. The zero-order valence-electron chi connectivity index (χ0n) is 16.4. The molecule has 2 rings (SSSR count). The third-order valence-electron chi connectivity index (χ3n) is 4.60. The van der Waals surface area contributed by atoms with Crippen molar-refractivity contribution in [2.24, 2.45) is 0 Å². The number of nitrogens with zero attached hydrogens (tertiary/aromatic N) is 1. The van der Waals surface area contributed by atoms with Gasteiger partial charge in [-0.05, 0) is 37.7 Å². The van der Waals surface area contributed by atoms with E-state index >= 15 is 0 Å². The number of rotatable bonds is 10. The molecule has 5 heteroatoms. The van der Waals surface area contributed by atoms with Gasteiger partial charge in [0.25, 0.3) is 0 Å². The normalized spacial score (nSPS) is 12.0. The lowest BCUT2D eigenvalue weighted by atomic mass is 10.1. The van der Waals surface area contributed by atoms with Gasteiger partial charge in [-0.25, -0.2) is 0 Å². The van der Waals surface area contributed by atoms with Crippen LogP contribution in [0, 0.1) is 0 Å². The Morgan fingerprint density at radius 2 is 1.70 bits per heavy atom. The van der Waals surface area contributed by atoms with Gasteiger partial charge >= 0.3 is 0 Å². The molecule has 2 aromatic rings. The second kappa shape index (κ2) is 10.6. The van der Waals surface area contributed by atoms with Crippen molar-refractivity contribution >= 4 is 17.4 Å². The number of hydrogen-bond acceptors (Lipinski definition) is 4. The molecule has 2 N–H and O–H groups in total. The number of hydrogen-bond donors (Lipinski definition) is 2. The van der Waals surface area contributed by atoms with Crippen LogP contribution in [0.25, 0.3) is 0 Å². The summed E-state index contributed by atoms with van der Waals surface area (Å²) in [6.45, 7) is 9.34. The van der Waals surface area contributed by atoms with Crippen LogP contribution in [-0.2, 0) is 4.79 Å². The first-order valence-corrected chi connectivity index (χ1v) is 9.47. The summed E-state index contributed by atoms with van der Waals surface area (Å²) in [7, 11) is 0. The van der Waals surface area contributed by atoms with Gasteiger partial charge in [0.1, 0.15) is 6.04 Å². The molecule has 144 valence electrons. The molecule has 0 aliphatic heterocycles. The smallest absolute Gasteiger partial charge is 0.246 e. The van der Waals surface area contributed by atoms with Crippen molar-refractivity contribution in [3.8, 4) is 0 Å². The van der Waals surface area contributed by atoms with E-state index in [1.54, 1.807) is 24.3 Å². The van der Waals surface area contributed by atoms with Crippen molar-refractivity contribution in [1.82, 2.24) is 10.2 Å². The number of benzene rings is 2. The molecule has 1 amide bonds. The van der Waals surface area contributed by atoms with Crippen LogP contribution >= 0.6 is 0 Å². The molecule has 0 aromatic heterocycles. The fraction of sp³-hybridized carbons (Fsp3) is 0.364. The average molecular weight is 367 g/mol. The van der Waals surface area contributed by atoms with Crippen LogP contribution in [0.3, 0.4) is 0 Å². The van der Waals surface area contributed by atoms with Gasteiger partial charge in [0.15, 0.2) is 5.78 Å². The molecule has 0 aliphatic rings. The molecule has 0 bridgehead atoms. The van der Waals surface area contributed by atoms with Gasteiger partial charge in [0.05, 0.1) is 0 Å². The molecular formula is C22H29N3O2. The molecule has 0 aliphatic carbocycles. The lowest BCUT2D eigenvalue weighted by Gasteiger charge is -2.22. The summed E-state index contributed by atoms with van der Waals surface area (Å²) in [5, 5.41) is 6.31. The van der Waals surface area contributed by atoms with E-state index in [1.165, 1.54) is 6.92 Å². The summed E-state index contributed by atoms with van der Waals surface area (Å²) in [5.41, 5.74) is 2.12. The summed E-state index contributed by atoms with van der Waals surface area (Å²) >= 11 is 0. The molecule has 0 spiro atoms. The number of anilines is 1. The minimum Gasteiger partial charge on any atom is -0.324 e. The Morgan fingerprint density at radius 1 is 1.00 bits per heavy atom. The van der Waals surface area contributed by atoms with Gasteiger partial charge in [-0.3, -0.25) is 9.59 Å². The van der Waals surface area contributed by atoms with Gasteiger partial charge < -0.3 is 15.5 Å². The zero-order chi connectivity index (χ0) is 19.6. The maximum Gasteiger partial charge on any atom is 0.246 e. The topological polar surface area (TPSA) is 61.4 Å². The molecule has 0 unspecified atom stereocenters. The van der Waals surface area contributed by atoms with Crippen LogP contribution in [-0.4, -0.2) is 42.8 Å². The second-order valence-corrected chi connectivity index (χ2v) is 6.45. The van der Waals surface area contributed by atoms with Crippen molar-refractivity contribution in [3.63, 3.8) is 0 Å². The van der Waals surface area contributed by atoms with E-state index in [0.29, 0.717) is 17.8 Å². The third kappa shape index (κ3) is 6.31. The van der Waals surface area contributed by atoms with Crippen molar-refractivity contribution in [2.45, 2.75) is 26.8 Å². The van der Waals surface area contributed by atoms with E-state index in [1.807, 2.05) is 30.3 Å².